The van der Waals surface area contributed by atoms with Crippen LogP contribution < -0.4 is 15.7 Å². The van der Waals surface area contributed by atoms with Crippen molar-refractivity contribution in [3.63, 3.8) is 0 Å². The highest BCUT2D eigenvalue weighted by atomic mass is 16.8. The van der Waals surface area contributed by atoms with Gasteiger partial charge in [-0.1, -0.05) is 0 Å². The van der Waals surface area contributed by atoms with Crippen LogP contribution in [0.25, 0.3) is 11.0 Å². The molecule has 3 rings (SSSR count). The quantitative estimate of drug-likeness (QED) is 0.189. The highest BCUT2D eigenvalue weighted by Gasteiger charge is 2.66. The van der Waals surface area contributed by atoms with Crippen LogP contribution in [0.1, 0.15) is 54.0 Å². The van der Waals surface area contributed by atoms with E-state index < -0.39 is 96.1 Å². The third-order valence-electron chi connectivity index (χ3n) is 7.13. The van der Waals surface area contributed by atoms with Gasteiger partial charge in [0.2, 0.25) is 0 Å². The molecular weight excluding hydrogens is 682 g/mol. The van der Waals surface area contributed by atoms with Crippen LogP contribution in [0.5, 0.6) is 5.75 Å². The van der Waals surface area contributed by atoms with Gasteiger partial charge in [0.25, 0.3) is 0 Å². The van der Waals surface area contributed by atoms with Gasteiger partial charge < -0.3 is 52.7 Å². The van der Waals surface area contributed by atoms with Crippen LogP contribution in [-0.4, -0.2) is 103 Å². The highest BCUT2D eigenvalue weighted by Crippen LogP contribution is 2.39. The molecule has 1 fully saturated rings. The van der Waals surface area contributed by atoms with E-state index in [1.54, 1.807) is 27.7 Å². The van der Waals surface area contributed by atoms with Gasteiger partial charge in [-0.3, -0.25) is 19.2 Å². The van der Waals surface area contributed by atoms with Crippen molar-refractivity contribution < 1.29 is 76.2 Å². The fraction of sp³-hybridized carbons (Fsp3) is 0.545. The molecule has 3 unspecified atom stereocenters. The van der Waals surface area contributed by atoms with Crippen LogP contribution >= 0.6 is 0 Å². The van der Waals surface area contributed by atoms with Gasteiger partial charge >= 0.3 is 47.4 Å². The summed E-state index contributed by atoms with van der Waals surface area (Å²) in [6.45, 7) is 9.50. The molecule has 280 valence electrons. The first kappa shape index (κ1) is 40.2. The summed E-state index contributed by atoms with van der Waals surface area (Å²) >= 11 is 0. The summed E-state index contributed by atoms with van der Waals surface area (Å²) in [7, 11) is 0.916. The lowest BCUT2D eigenvalue weighted by molar-refractivity contribution is -0.325. The number of aryl methyl sites for hydroxylation is 1. The second-order valence-electron chi connectivity index (χ2n) is 12.5. The molecule has 0 bridgehead atoms. The zero-order valence-electron chi connectivity index (χ0n) is 29.5. The lowest BCUT2D eigenvalue weighted by Gasteiger charge is -2.50. The van der Waals surface area contributed by atoms with E-state index in [0.717, 1.165) is 34.8 Å². The summed E-state index contributed by atoms with van der Waals surface area (Å²) in [6, 6.07) is 3.50. The van der Waals surface area contributed by atoms with Gasteiger partial charge in [0.05, 0.1) is 7.11 Å². The Bertz CT molecular complexity index is 1710. The van der Waals surface area contributed by atoms with Gasteiger partial charge in [0, 0.05) is 45.2 Å². The third-order valence-corrected chi connectivity index (χ3v) is 7.13. The molecule has 0 radical (unpaired) electrons. The number of rotatable bonds is 11. The van der Waals surface area contributed by atoms with Gasteiger partial charge in [-0.05, 0) is 45.4 Å². The average Bonchev–Trinajstić information content (AvgIpc) is 2.99. The Balaban J connectivity index is 2.34. The van der Waals surface area contributed by atoms with E-state index in [0.29, 0.717) is 10.9 Å². The lowest BCUT2D eigenvalue weighted by atomic mass is 9.86. The average molecular weight is 724 g/mol. The highest BCUT2D eigenvalue weighted by molar-refractivity contribution is 5.83. The van der Waals surface area contributed by atoms with Gasteiger partial charge in [-0.25, -0.2) is 14.4 Å². The first-order valence-electron chi connectivity index (χ1n) is 15.5. The van der Waals surface area contributed by atoms with Crippen LogP contribution in [0.2, 0.25) is 0 Å². The Morgan fingerprint density at radius 1 is 0.961 bits per heavy atom. The van der Waals surface area contributed by atoms with E-state index in [4.69, 9.17) is 42.3 Å². The number of benzene rings is 1. The maximum Gasteiger partial charge on any atom is 0.408 e. The molecule has 2 heterocycles. The number of amides is 1. The van der Waals surface area contributed by atoms with E-state index in [1.165, 1.54) is 24.3 Å². The molecule has 0 saturated carbocycles. The van der Waals surface area contributed by atoms with Gasteiger partial charge in [-0.2, -0.15) is 0 Å². The minimum absolute atomic E-state index is 0.00876. The molecule has 7 atom stereocenters. The van der Waals surface area contributed by atoms with Crippen LogP contribution in [0, 0.1) is 6.92 Å². The molecule has 2 aromatic rings. The maximum absolute atomic E-state index is 13.8. The summed E-state index contributed by atoms with van der Waals surface area (Å²) in [4.78, 5) is 88.2. The van der Waals surface area contributed by atoms with E-state index >= 15 is 0 Å². The van der Waals surface area contributed by atoms with Crippen molar-refractivity contribution in [3.8, 4) is 5.75 Å². The minimum Gasteiger partial charge on any atom is -0.464 e. The van der Waals surface area contributed by atoms with Crippen molar-refractivity contribution in [1.29, 1.82) is 0 Å². The van der Waals surface area contributed by atoms with Crippen molar-refractivity contribution in [2.24, 2.45) is 0 Å². The topological polar surface area (TPSA) is 239 Å². The Kier molecular flexibility index (Phi) is 12.8. The standard InChI is InChI=1S/C33H41NO17/c1-15-12-24(39)48-22-13-20(10-11-21(15)22)49-33(30(41)43-9)29(40)28(47-19(5)38)25(34-31(42)51-32(6,7)8)27(50-33)26(46-18(4)37)23(45-17(3)36)14-44-16(2)35/h10-13,23,25-29,40H,14H2,1-9H3,(H,34,42)/t23-,25+,26-,27?,28?,29?,33-/m1/s1. The zero-order valence-corrected chi connectivity index (χ0v) is 29.5. The molecule has 1 amide bonds. The predicted molar refractivity (Wildman–Crippen MR) is 170 cm³/mol. The third kappa shape index (κ3) is 10.2. The molecule has 51 heavy (non-hydrogen) atoms. The largest absolute Gasteiger partial charge is 0.464 e. The number of ether oxygens (including phenoxy) is 8. The lowest BCUT2D eigenvalue weighted by Crippen LogP contribution is -2.76. The first-order valence-corrected chi connectivity index (χ1v) is 15.5. The second kappa shape index (κ2) is 16.2. The van der Waals surface area contributed by atoms with Crippen LogP contribution in [0.15, 0.2) is 33.5 Å². The number of fused-ring (bicyclic) bond motifs is 1. The molecule has 1 aliphatic heterocycles. The van der Waals surface area contributed by atoms with Crippen molar-refractivity contribution in [2.45, 2.75) is 103 Å². The zero-order chi connectivity index (χ0) is 38.4. The summed E-state index contributed by atoms with van der Waals surface area (Å²) in [6.07, 6.45) is -11.1. The number of carbonyl (C=O) groups excluding carboxylic acids is 6. The second-order valence-corrected chi connectivity index (χ2v) is 12.5. The molecule has 2 N–H and O–H groups in total. The molecule has 1 saturated heterocycles. The summed E-state index contributed by atoms with van der Waals surface area (Å²) in [5.41, 5.74) is -1.23. The number of hydrogen-bond donors (Lipinski definition) is 2. The number of methoxy groups -OCH3 is 1. The summed E-state index contributed by atoms with van der Waals surface area (Å²) in [5.74, 6) is -8.53. The van der Waals surface area contributed by atoms with Gasteiger partial charge in [-0.15, -0.1) is 0 Å². The Labute approximate surface area is 291 Å². The summed E-state index contributed by atoms with van der Waals surface area (Å²) < 4.78 is 49.2. The first-order chi connectivity index (χ1) is 23.7. The normalized spacial score (nSPS) is 22.8. The Hall–Kier alpha value is -5.23. The van der Waals surface area contributed by atoms with Gasteiger partial charge in [0.1, 0.15) is 35.7 Å². The Morgan fingerprint density at radius 3 is 2.16 bits per heavy atom. The van der Waals surface area contributed by atoms with Crippen LogP contribution in [0.4, 0.5) is 4.79 Å². The number of carbonyl (C=O) groups is 6. The van der Waals surface area contributed by atoms with Crippen LogP contribution in [-0.2, 0) is 57.1 Å². The molecule has 0 spiro atoms. The number of nitrogens with one attached hydrogen (secondary N) is 1. The van der Waals surface area contributed by atoms with E-state index in [2.05, 4.69) is 5.32 Å². The summed E-state index contributed by atoms with van der Waals surface area (Å²) in [5, 5.41) is 14.8. The maximum atomic E-state index is 13.8. The molecule has 1 aromatic carbocycles. The molecular formula is C33H41NO17. The van der Waals surface area contributed by atoms with Crippen molar-refractivity contribution in [2.75, 3.05) is 13.7 Å². The molecule has 18 nitrogen and oxygen atoms in total. The molecule has 0 aliphatic carbocycles. The fourth-order valence-corrected chi connectivity index (χ4v) is 5.29. The van der Waals surface area contributed by atoms with Crippen molar-refractivity contribution in [1.82, 2.24) is 5.32 Å². The minimum atomic E-state index is -3.02. The Morgan fingerprint density at radius 2 is 1.61 bits per heavy atom. The van der Waals surface area contributed by atoms with E-state index in [-0.39, 0.29) is 11.3 Å². The fourth-order valence-electron chi connectivity index (χ4n) is 5.29. The molecule has 18 heteroatoms. The SMILES string of the molecule is COC(=O)[C@]1(Oc2ccc3c(C)cc(=O)oc3c2)OC([C@H](OC(C)=O)[C@@H](COC(C)=O)OC(C)=O)[C@H](NC(=O)OC(C)(C)C)C(OC(C)=O)C1O. The van der Waals surface area contributed by atoms with E-state index in [9.17, 15) is 38.7 Å². The number of aliphatic hydroxyl groups is 1. The van der Waals surface area contributed by atoms with Crippen molar-refractivity contribution in [3.05, 3.63) is 40.2 Å². The van der Waals surface area contributed by atoms with Gasteiger partial charge in [0.15, 0.2) is 24.4 Å². The number of alkyl carbamates (subject to hydrolysis) is 1. The molecule has 1 aliphatic rings. The molecule has 1 aromatic heterocycles. The number of aliphatic hydroxyl groups excluding tert-OH is 1. The number of hydrogen-bond acceptors (Lipinski definition) is 17. The van der Waals surface area contributed by atoms with Crippen LogP contribution in [0.3, 0.4) is 0 Å². The smallest absolute Gasteiger partial charge is 0.408 e. The number of esters is 5. The predicted octanol–water partition coefficient (Wildman–Crippen LogP) is 1.36. The van der Waals surface area contributed by atoms with E-state index in [1.807, 2.05) is 0 Å². The van der Waals surface area contributed by atoms with Crippen molar-refractivity contribution >= 4 is 46.9 Å². The monoisotopic (exact) mass is 723 g/mol.